The number of thiophene rings is 1. The van der Waals surface area contributed by atoms with Crippen molar-refractivity contribution in [3.05, 3.63) is 51.6 Å². The van der Waals surface area contributed by atoms with Gasteiger partial charge in [-0.05, 0) is 42.5 Å². The van der Waals surface area contributed by atoms with Gasteiger partial charge in [0, 0.05) is 18.1 Å². The first-order valence-corrected chi connectivity index (χ1v) is 10.5. The molecule has 1 aromatic carbocycles. The summed E-state index contributed by atoms with van der Waals surface area (Å²) in [6.07, 6.45) is 1.77. The first-order chi connectivity index (χ1) is 13.6. The van der Waals surface area contributed by atoms with Crippen LogP contribution in [0, 0.1) is 0 Å². The van der Waals surface area contributed by atoms with Crippen molar-refractivity contribution in [2.45, 2.75) is 18.8 Å². The Morgan fingerprint density at radius 1 is 1.32 bits per heavy atom. The van der Waals surface area contributed by atoms with Crippen molar-refractivity contribution in [1.29, 1.82) is 0 Å². The molecule has 28 heavy (non-hydrogen) atoms. The largest absolute Gasteiger partial charge is 0.482 e. The Kier molecular flexibility index (Phi) is 5.85. The summed E-state index contributed by atoms with van der Waals surface area (Å²) in [6.45, 7) is 1.12. The highest BCUT2D eigenvalue weighted by atomic mass is 35.5. The van der Waals surface area contributed by atoms with E-state index in [0.29, 0.717) is 40.7 Å². The van der Waals surface area contributed by atoms with Gasteiger partial charge < -0.3 is 14.1 Å². The number of carbonyl (C=O) groups is 1. The quantitative estimate of drug-likeness (QED) is 0.568. The lowest BCUT2D eigenvalue weighted by molar-refractivity contribution is -0.134. The van der Waals surface area contributed by atoms with Gasteiger partial charge in [0.25, 0.3) is 11.8 Å². The van der Waals surface area contributed by atoms with E-state index >= 15 is 0 Å². The number of halogens is 2. The molecule has 0 radical (unpaired) electrons. The first-order valence-electron chi connectivity index (χ1n) is 8.83. The lowest BCUT2D eigenvalue weighted by Gasteiger charge is -2.31. The Labute approximate surface area is 176 Å². The first kappa shape index (κ1) is 19.2. The fraction of sp³-hybridized carbons (Fsp3) is 0.316. The minimum absolute atomic E-state index is 0.0260. The van der Waals surface area contributed by atoms with Crippen LogP contribution in [0.15, 0.2) is 40.1 Å². The molecule has 1 fully saturated rings. The van der Waals surface area contributed by atoms with E-state index in [4.69, 9.17) is 32.4 Å². The number of piperidine rings is 1. The molecule has 4 rings (SSSR count). The molecule has 6 nitrogen and oxygen atoms in total. The summed E-state index contributed by atoms with van der Waals surface area (Å²) in [4.78, 5) is 15.3. The second-order valence-corrected chi connectivity index (χ2v) is 8.26. The van der Waals surface area contributed by atoms with Gasteiger partial charge in [-0.1, -0.05) is 29.3 Å². The zero-order valence-electron chi connectivity index (χ0n) is 14.8. The molecule has 0 spiro atoms. The van der Waals surface area contributed by atoms with Gasteiger partial charge in [0.1, 0.15) is 5.75 Å². The minimum atomic E-state index is -0.103. The topological polar surface area (TPSA) is 68.5 Å². The summed E-state index contributed by atoms with van der Waals surface area (Å²) in [6, 6.07) is 8.79. The maximum absolute atomic E-state index is 12.6. The van der Waals surface area contributed by atoms with Crippen molar-refractivity contribution in [3.63, 3.8) is 0 Å². The normalized spacial score (nSPS) is 16.9. The molecule has 1 saturated heterocycles. The third kappa shape index (κ3) is 4.32. The number of likely N-dealkylation sites (tertiary alicyclic amines) is 1. The Hall–Kier alpha value is -2.09. The van der Waals surface area contributed by atoms with Crippen molar-refractivity contribution in [2.75, 3.05) is 19.7 Å². The maximum atomic E-state index is 12.6. The molecule has 1 amide bonds. The van der Waals surface area contributed by atoms with Crippen molar-refractivity contribution in [2.24, 2.45) is 0 Å². The molecular formula is C19H17Cl2N3O3S. The lowest BCUT2D eigenvalue weighted by Crippen LogP contribution is -2.41. The van der Waals surface area contributed by atoms with Gasteiger partial charge in [0.15, 0.2) is 6.61 Å². The van der Waals surface area contributed by atoms with Gasteiger partial charge in [-0.3, -0.25) is 4.79 Å². The number of aromatic nitrogens is 2. The van der Waals surface area contributed by atoms with Crippen LogP contribution >= 0.6 is 34.5 Å². The van der Waals surface area contributed by atoms with Crippen LogP contribution < -0.4 is 4.74 Å². The molecule has 0 aliphatic carbocycles. The molecule has 1 aliphatic heterocycles. The molecule has 3 heterocycles. The molecule has 1 aliphatic rings. The number of hydrogen-bond donors (Lipinski definition) is 0. The molecule has 0 saturated carbocycles. The van der Waals surface area contributed by atoms with Crippen LogP contribution in [-0.2, 0) is 4.79 Å². The number of carbonyl (C=O) groups excluding carboxylic acids is 1. The van der Waals surface area contributed by atoms with Crippen LogP contribution in [0.1, 0.15) is 24.7 Å². The SMILES string of the molecule is O=C(COc1ccc(Cl)cc1Cl)N1CCCC(c2nnc(-c3cccs3)o2)C1. The van der Waals surface area contributed by atoms with E-state index in [9.17, 15) is 4.79 Å². The van der Waals surface area contributed by atoms with Crippen LogP contribution in [0.2, 0.25) is 10.0 Å². The highest BCUT2D eigenvalue weighted by Crippen LogP contribution is 2.31. The highest BCUT2D eigenvalue weighted by molar-refractivity contribution is 7.13. The number of benzene rings is 1. The fourth-order valence-electron chi connectivity index (χ4n) is 3.13. The van der Waals surface area contributed by atoms with E-state index in [1.165, 1.54) is 0 Å². The van der Waals surface area contributed by atoms with E-state index in [-0.39, 0.29) is 18.4 Å². The van der Waals surface area contributed by atoms with E-state index in [1.807, 2.05) is 17.5 Å². The molecule has 1 unspecified atom stereocenters. The van der Waals surface area contributed by atoms with E-state index in [2.05, 4.69) is 10.2 Å². The van der Waals surface area contributed by atoms with Gasteiger partial charge in [-0.25, -0.2) is 0 Å². The predicted molar refractivity (Wildman–Crippen MR) is 108 cm³/mol. The monoisotopic (exact) mass is 437 g/mol. The lowest BCUT2D eigenvalue weighted by atomic mass is 9.98. The number of ether oxygens (including phenoxy) is 1. The zero-order chi connectivity index (χ0) is 19.5. The van der Waals surface area contributed by atoms with Gasteiger partial charge in [-0.15, -0.1) is 21.5 Å². The van der Waals surface area contributed by atoms with Crippen molar-refractivity contribution < 1.29 is 13.9 Å². The smallest absolute Gasteiger partial charge is 0.260 e. The molecular weight excluding hydrogens is 421 g/mol. The van der Waals surface area contributed by atoms with Crippen molar-refractivity contribution >= 4 is 40.4 Å². The highest BCUT2D eigenvalue weighted by Gasteiger charge is 2.29. The molecule has 9 heteroatoms. The van der Waals surface area contributed by atoms with E-state index in [0.717, 1.165) is 17.7 Å². The average Bonchev–Trinajstić information content (AvgIpc) is 3.39. The minimum Gasteiger partial charge on any atom is -0.482 e. The van der Waals surface area contributed by atoms with E-state index < -0.39 is 0 Å². The predicted octanol–water partition coefficient (Wildman–Crippen LogP) is 4.89. The number of amides is 1. The number of nitrogens with zero attached hydrogens (tertiary/aromatic N) is 3. The third-order valence-electron chi connectivity index (χ3n) is 4.54. The Balaban J connectivity index is 1.37. The Morgan fingerprint density at radius 3 is 3.00 bits per heavy atom. The summed E-state index contributed by atoms with van der Waals surface area (Å²) in [5.41, 5.74) is 0. The summed E-state index contributed by atoms with van der Waals surface area (Å²) < 4.78 is 11.4. The van der Waals surface area contributed by atoms with E-state index in [1.54, 1.807) is 34.4 Å². The molecule has 1 atom stereocenters. The second-order valence-electron chi connectivity index (χ2n) is 6.47. The molecule has 0 bridgehead atoms. The van der Waals surface area contributed by atoms with Crippen LogP contribution in [0.4, 0.5) is 0 Å². The van der Waals surface area contributed by atoms with Gasteiger partial charge in [-0.2, -0.15) is 0 Å². The van der Waals surface area contributed by atoms with Crippen molar-refractivity contribution in [3.8, 4) is 16.5 Å². The molecule has 0 N–H and O–H groups in total. The van der Waals surface area contributed by atoms with Crippen LogP contribution in [-0.4, -0.2) is 40.7 Å². The Bertz CT molecular complexity index is 961. The van der Waals surface area contributed by atoms with Crippen LogP contribution in [0.3, 0.4) is 0 Å². The molecule has 3 aromatic rings. The summed E-state index contributed by atoms with van der Waals surface area (Å²) in [5.74, 6) is 1.45. The Morgan fingerprint density at radius 2 is 2.21 bits per heavy atom. The summed E-state index contributed by atoms with van der Waals surface area (Å²) >= 11 is 13.5. The molecule has 2 aromatic heterocycles. The van der Waals surface area contributed by atoms with Crippen LogP contribution in [0.5, 0.6) is 5.75 Å². The van der Waals surface area contributed by atoms with Crippen LogP contribution in [0.25, 0.3) is 10.8 Å². The maximum Gasteiger partial charge on any atom is 0.260 e. The fourth-order valence-corrected chi connectivity index (χ4v) is 4.23. The number of hydrogen-bond acceptors (Lipinski definition) is 6. The third-order valence-corrected chi connectivity index (χ3v) is 5.93. The van der Waals surface area contributed by atoms with Gasteiger partial charge in [0.2, 0.25) is 5.89 Å². The standard InChI is InChI=1S/C19H17Cl2N3O3S/c20-13-5-6-15(14(21)9-13)26-11-17(25)24-7-1-3-12(10-24)18-22-23-19(27-18)16-4-2-8-28-16/h2,4-6,8-9,12H,1,3,7,10-11H2. The number of rotatable bonds is 5. The zero-order valence-corrected chi connectivity index (χ0v) is 17.1. The van der Waals surface area contributed by atoms with Gasteiger partial charge in [0.05, 0.1) is 15.8 Å². The molecule has 146 valence electrons. The van der Waals surface area contributed by atoms with Crippen molar-refractivity contribution in [1.82, 2.24) is 15.1 Å². The summed E-state index contributed by atoms with van der Waals surface area (Å²) in [5, 5.41) is 11.2. The van der Waals surface area contributed by atoms with Gasteiger partial charge >= 0.3 is 0 Å². The summed E-state index contributed by atoms with van der Waals surface area (Å²) in [7, 11) is 0. The average molecular weight is 438 g/mol. The second kappa shape index (κ2) is 8.51.